The Kier molecular flexibility index (Phi) is 7.44. The highest BCUT2D eigenvalue weighted by Gasteiger charge is 2.68. The minimum Gasteiger partial charge on any atom is -0.494 e. The number of carboxylic acid groups (broad SMARTS) is 1. The van der Waals surface area contributed by atoms with Crippen LogP contribution < -0.4 is 15.0 Å². The van der Waals surface area contributed by atoms with Crippen LogP contribution in [0.1, 0.15) is 30.5 Å². The van der Waals surface area contributed by atoms with Gasteiger partial charge in [0.2, 0.25) is 11.8 Å². The summed E-state index contributed by atoms with van der Waals surface area (Å²) in [4.78, 5) is 63.1. The van der Waals surface area contributed by atoms with E-state index in [9.17, 15) is 39.7 Å². The Bertz CT molecular complexity index is 1570. The highest BCUT2D eigenvalue weighted by Crippen LogP contribution is 2.51. The number of ether oxygens (including phenoxy) is 1. The molecule has 2 aliphatic rings. The quantitative estimate of drug-likeness (QED) is 0.205. The maximum absolute atomic E-state index is 14.0. The van der Waals surface area contributed by atoms with E-state index in [2.05, 4.69) is 5.32 Å². The lowest BCUT2D eigenvalue weighted by molar-refractivity contribution is -0.385. The fourth-order valence-electron chi connectivity index (χ4n) is 5.77. The molecule has 0 radical (unpaired) electrons. The number of hydrogen-bond acceptors (Lipinski definition) is 9. The van der Waals surface area contributed by atoms with Crippen LogP contribution in [0.4, 0.5) is 17.1 Å². The summed E-state index contributed by atoms with van der Waals surface area (Å²) < 4.78 is 5.64. The first-order valence-corrected chi connectivity index (χ1v) is 13.2. The van der Waals surface area contributed by atoms with Crippen LogP contribution in [-0.2, 0) is 20.8 Å². The molecule has 5 rings (SSSR count). The highest BCUT2D eigenvalue weighted by atomic mass is 16.6. The lowest BCUT2D eigenvalue weighted by Crippen LogP contribution is -2.57. The number of hydrogen-bond donors (Lipinski definition) is 2. The Hall–Kier alpha value is -5.17. The van der Waals surface area contributed by atoms with Crippen molar-refractivity contribution in [2.75, 3.05) is 11.5 Å². The molecule has 3 aromatic carbocycles. The number of nitrogens with zero attached hydrogens (tertiary/aromatic N) is 3. The SMILES string of the molecule is CCCOc1ccc(C2NC(Cc3ccc([N+](=O)[O-])cc3)(C(=O)O)C3C(=O)N(c4cccc([N+](=O)[O-])c4)C(=O)C23)cc1. The zero-order valence-electron chi connectivity index (χ0n) is 22.3. The summed E-state index contributed by atoms with van der Waals surface area (Å²) in [6, 6.07) is 16.2. The second kappa shape index (κ2) is 11.0. The Balaban J connectivity index is 1.60. The molecule has 2 amide bonds. The van der Waals surface area contributed by atoms with Gasteiger partial charge >= 0.3 is 5.97 Å². The van der Waals surface area contributed by atoms with E-state index in [-0.39, 0.29) is 23.5 Å². The predicted octanol–water partition coefficient (Wildman–Crippen LogP) is 3.81. The van der Waals surface area contributed by atoms with Gasteiger partial charge in [0.15, 0.2) is 0 Å². The molecule has 0 saturated carbocycles. The van der Waals surface area contributed by atoms with Gasteiger partial charge < -0.3 is 9.84 Å². The molecular weight excluding hydrogens is 548 g/mol. The summed E-state index contributed by atoms with van der Waals surface area (Å²) in [6.07, 6.45) is 0.529. The first kappa shape index (κ1) is 28.4. The van der Waals surface area contributed by atoms with Crippen molar-refractivity contribution in [2.24, 2.45) is 11.8 Å². The fraction of sp³-hybridized carbons (Fsp3) is 0.276. The highest BCUT2D eigenvalue weighted by molar-refractivity contribution is 6.24. The van der Waals surface area contributed by atoms with Crippen LogP contribution in [-0.4, -0.2) is 44.9 Å². The molecule has 13 nitrogen and oxygen atoms in total. The Morgan fingerprint density at radius 1 is 0.976 bits per heavy atom. The zero-order chi connectivity index (χ0) is 30.2. The number of fused-ring (bicyclic) bond motifs is 1. The normalized spacial score (nSPS) is 23.1. The molecule has 3 aromatic rings. The number of nitro benzene ring substituents is 2. The van der Waals surface area contributed by atoms with Gasteiger partial charge in [0.25, 0.3) is 11.4 Å². The fourth-order valence-corrected chi connectivity index (χ4v) is 5.77. The number of nitrogens with one attached hydrogen (secondary N) is 1. The van der Waals surface area contributed by atoms with E-state index in [4.69, 9.17) is 4.74 Å². The third kappa shape index (κ3) is 4.83. The van der Waals surface area contributed by atoms with Crippen molar-refractivity contribution in [3.8, 4) is 5.75 Å². The van der Waals surface area contributed by atoms with Crippen molar-refractivity contribution < 1.29 is 34.1 Å². The molecular formula is C29H26N4O9. The van der Waals surface area contributed by atoms with E-state index < -0.39 is 51.0 Å². The molecule has 0 aromatic heterocycles. The minimum absolute atomic E-state index is 0.0368. The van der Waals surface area contributed by atoms with Gasteiger partial charge in [0.1, 0.15) is 11.3 Å². The van der Waals surface area contributed by atoms with Gasteiger partial charge in [-0.25, -0.2) is 4.90 Å². The van der Waals surface area contributed by atoms with Crippen molar-refractivity contribution in [3.05, 3.63) is 104 Å². The molecule has 13 heteroatoms. The van der Waals surface area contributed by atoms with Gasteiger partial charge in [0, 0.05) is 36.7 Å². The molecule has 0 spiro atoms. The summed E-state index contributed by atoms with van der Waals surface area (Å²) in [5, 5.41) is 36.3. The predicted molar refractivity (Wildman–Crippen MR) is 148 cm³/mol. The molecule has 42 heavy (non-hydrogen) atoms. The standard InChI is InChI=1S/C29H26N4O9/c1-2-14-42-22-12-8-18(9-13-22)25-23-24(27(35)31(26(23)34)20-4-3-5-21(15-20)33(40)41)29(30-25,28(36)37)16-17-6-10-19(11-7-17)32(38)39/h3-13,15,23-25,30H,2,14,16H2,1H3,(H,36,37). The monoisotopic (exact) mass is 574 g/mol. The molecule has 2 aliphatic heterocycles. The third-order valence-corrected chi connectivity index (χ3v) is 7.68. The smallest absolute Gasteiger partial charge is 0.325 e. The summed E-state index contributed by atoms with van der Waals surface area (Å²) in [5.41, 5.74) is -1.60. The first-order chi connectivity index (χ1) is 20.1. The second-order valence-corrected chi connectivity index (χ2v) is 10.2. The van der Waals surface area contributed by atoms with E-state index in [1.54, 1.807) is 24.3 Å². The van der Waals surface area contributed by atoms with E-state index in [0.29, 0.717) is 23.5 Å². The van der Waals surface area contributed by atoms with Crippen molar-refractivity contribution in [1.29, 1.82) is 0 Å². The molecule has 2 fully saturated rings. The van der Waals surface area contributed by atoms with Crippen LogP contribution in [0.25, 0.3) is 0 Å². The Morgan fingerprint density at radius 2 is 1.64 bits per heavy atom. The number of carbonyl (C=O) groups is 3. The number of amides is 2. The van der Waals surface area contributed by atoms with E-state index in [0.717, 1.165) is 17.4 Å². The number of carbonyl (C=O) groups excluding carboxylic acids is 2. The molecule has 0 aliphatic carbocycles. The van der Waals surface area contributed by atoms with Gasteiger partial charge in [-0.2, -0.15) is 0 Å². The molecule has 2 saturated heterocycles. The van der Waals surface area contributed by atoms with Gasteiger partial charge in [0.05, 0.1) is 34.0 Å². The van der Waals surface area contributed by atoms with E-state index in [1.165, 1.54) is 42.5 Å². The molecule has 4 unspecified atom stereocenters. The molecule has 216 valence electrons. The number of anilines is 1. The Labute approximate surface area is 239 Å². The number of aliphatic carboxylic acids is 1. The van der Waals surface area contributed by atoms with Crippen molar-refractivity contribution in [3.63, 3.8) is 0 Å². The second-order valence-electron chi connectivity index (χ2n) is 10.2. The average molecular weight is 575 g/mol. The van der Waals surface area contributed by atoms with Gasteiger partial charge in [-0.15, -0.1) is 0 Å². The lowest BCUT2D eigenvalue weighted by atomic mass is 9.76. The van der Waals surface area contributed by atoms with Crippen molar-refractivity contribution >= 4 is 34.8 Å². The number of nitro groups is 2. The van der Waals surface area contributed by atoms with Crippen LogP contribution in [0.3, 0.4) is 0 Å². The van der Waals surface area contributed by atoms with Crippen LogP contribution >= 0.6 is 0 Å². The topological polar surface area (TPSA) is 182 Å². The maximum atomic E-state index is 14.0. The number of benzene rings is 3. The summed E-state index contributed by atoms with van der Waals surface area (Å²) in [5.74, 6) is -4.86. The largest absolute Gasteiger partial charge is 0.494 e. The van der Waals surface area contributed by atoms with Gasteiger partial charge in [-0.1, -0.05) is 37.3 Å². The van der Waals surface area contributed by atoms with Crippen LogP contribution in [0, 0.1) is 32.1 Å². The van der Waals surface area contributed by atoms with E-state index >= 15 is 0 Å². The third-order valence-electron chi connectivity index (χ3n) is 7.68. The lowest BCUT2D eigenvalue weighted by Gasteiger charge is -2.31. The van der Waals surface area contributed by atoms with Crippen LogP contribution in [0.2, 0.25) is 0 Å². The Morgan fingerprint density at radius 3 is 2.24 bits per heavy atom. The molecule has 0 bridgehead atoms. The van der Waals surface area contributed by atoms with E-state index in [1.807, 2.05) is 6.92 Å². The summed E-state index contributed by atoms with van der Waals surface area (Å²) in [6.45, 7) is 2.46. The molecule has 4 atom stereocenters. The number of carboxylic acids is 1. The summed E-state index contributed by atoms with van der Waals surface area (Å²) in [7, 11) is 0. The number of rotatable bonds is 10. The molecule has 2 N–H and O–H groups in total. The maximum Gasteiger partial charge on any atom is 0.325 e. The van der Waals surface area contributed by atoms with Crippen molar-refractivity contribution in [2.45, 2.75) is 31.3 Å². The van der Waals surface area contributed by atoms with Crippen molar-refractivity contribution in [1.82, 2.24) is 5.32 Å². The number of non-ortho nitro benzene ring substituents is 2. The minimum atomic E-state index is -1.98. The average Bonchev–Trinajstić information content (AvgIpc) is 3.46. The first-order valence-electron chi connectivity index (χ1n) is 13.2. The van der Waals surface area contributed by atoms with Gasteiger partial charge in [-0.3, -0.25) is 39.9 Å². The summed E-state index contributed by atoms with van der Waals surface area (Å²) >= 11 is 0. The van der Waals surface area contributed by atoms with Gasteiger partial charge in [-0.05, 0) is 35.7 Å². The van der Waals surface area contributed by atoms with Crippen LogP contribution in [0.5, 0.6) is 5.75 Å². The zero-order valence-corrected chi connectivity index (χ0v) is 22.3. The number of imide groups is 1. The van der Waals surface area contributed by atoms with Crippen LogP contribution in [0.15, 0.2) is 72.8 Å². The molecule has 2 heterocycles.